The molecule has 0 radical (unpaired) electrons. The van der Waals surface area contributed by atoms with Crippen molar-refractivity contribution in [3.8, 4) is 6.07 Å². The Balaban J connectivity index is 2.18. The van der Waals surface area contributed by atoms with Gasteiger partial charge in [-0.1, -0.05) is 46.9 Å². The van der Waals surface area contributed by atoms with Crippen molar-refractivity contribution in [2.75, 3.05) is 5.73 Å². The van der Waals surface area contributed by atoms with Gasteiger partial charge in [-0.05, 0) is 17.7 Å². The molecule has 0 aliphatic carbocycles. The van der Waals surface area contributed by atoms with E-state index in [9.17, 15) is 4.79 Å². The lowest BCUT2D eigenvalue weighted by Crippen LogP contribution is -2.10. The minimum Gasteiger partial charge on any atom is -0.456 e. The Hall–Kier alpha value is -2.00. The predicted octanol–water partition coefficient (Wildman–Crippen LogP) is 3.85. The summed E-state index contributed by atoms with van der Waals surface area (Å²) in [5, 5.41) is 8.53. The monoisotopic (exact) mass is 355 g/mol. The van der Waals surface area contributed by atoms with Gasteiger partial charge in [0.05, 0.1) is 22.3 Å². The van der Waals surface area contributed by atoms with Crippen LogP contribution in [0.15, 0.2) is 24.3 Å². The van der Waals surface area contributed by atoms with Crippen LogP contribution in [-0.4, -0.2) is 11.0 Å². The van der Waals surface area contributed by atoms with Gasteiger partial charge in [-0.15, -0.1) is 0 Å². The van der Waals surface area contributed by atoms with Gasteiger partial charge in [0.15, 0.2) is 10.8 Å². The smallest absolute Gasteiger partial charge is 0.358 e. The van der Waals surface area contributed by atoms with Gasteiger partial charge in [-0.2, -0.15) is 5.26 Å². The number of ether oxygens (including phenoxy) is 1. The van der Waals surface area contributed by atoms with Crippen LogP contribution >= 0.6 is 34.8 Å². The molecule has 0 aliphatic rings. The number of carbonyl (C=O) groups excluding carboxylic acids is 1. The minimum absolute atomic E-state index is 0.0232. The zero-order chi connectivity index (χ0) is 16.3. The van der Waals surface area contributed by atoms with Crippen LogP contribution in [0.1, 0.15) is 21.6 Å². The molecule has 0 saturated heterocycles. The van der Waals surface area contributed by atoms with Crippen molar-refractivity contribution >= 4 is 46.5 Å². The lowest BCUT2D eigenvalue weighted by molar-refractivity contribution is 0.0466. The number of rotatable bonds is 3. The van der Waals surface area contributed by atoms with Crippen molar-refractivity contribution in [3.05, 3.63) is 56.3 Å². The molecule has 8 heteroatoms. The van der Waals surface area contributed by atoms with Gasteiger partial charge in [0, 0.05) is 0 Å². The average molecular weight is 357 g/mol. The van der Waals surface area contributed by atoms with Gasteiger partial charge >= 0.3 is 5.97 Å². The highest BCUT2D eigenvalue weighted by atomic mass is 35.5. The van der Waals surface area contributed by atoms with E-state index in [-0.39, 0.29) is 33.2 Å². The number of nitrogen functional groups attached to an aromatic ring is 1. The fraction of sp³-hybridized carbons (Fsp3) is 0.0714. The third-order valence-electron chi connectivity index (χ3n) is 2.69. The van der Waals surface area contributed by atoms with Crippen LogP contribution in [-0.2, 0) is 11.3 Å². The SMILES string of the molecule is N#Cc1cccc(COC(=O)c2nc(Cl)c(Cl)c(N)c2Cl)c1. The van der Waals surface area contributed by atoms with Crippen LogP contribution in [0.4, 0.5) is 5.69 Å². The molecule has 2 rings (SSSR count). The molecule has 1 aromatic heterocycles. The highest BCUT2D eigenvalue weighted by Crippen LogP contribution is 2.34. The molecule has 1 aromatic carbocycles. The summed E-state index contributed by atoms with van der Waals surface area (Å²) in [6, 6.07) is 8.64. The molecule has 0 fully saturated rings. The van der Waals surface area contributed by atoms with Crippen LogP contribution in [0.25, 0.3) is 0 Å². The highest BCUT2D eigenvalue weighted by Gasteiger charge is 2.21. The van der Waals surface area contributed by atoms with Gasteiger partial charge in [0.25, 0.3) is 0 Å². The largest absolute Gasteiger partial charge is 0.456 e. The highest BCUT2D eigenvalue weighted by molar-refractivity contribution is 6.46. The number of aromatic nitrogens is 1. The molecular formula is C14H8Cl3N3O2. The summed E-state index contributed by atoms with van der Waals surface area (Å²) in [6.07, 6.45) is 0. The predicted molar refractivity (Wildman–Crippen MR) is 84.0 cm³/mol. The van der Waals surface area contributed by atoms with Crippen molar-refractivity contribution in [1.82, 2.24) is 4.98 Å². The molecule has 0 amide bonds. The van der Waals surface area contributed by atoms with E-state index in [1.54, 1.807) is 24.3 Å². The molecule has 0 bridgehead atoms. The Morgan fingerprint density at radius 1 is 1.32 bits per heavy atom. The Morgan fingerprint density at radius 3 is 2.73 bits per heavy atom. The topological polar surface area (TPSA) is 89.0 Å². The van der Waals surface area contributed by atoms with E-state index in [0.717, 1.165) is 0 Å². The first kappa shape index (κ1) is 16.4. The van der Waals surface area contributed by atoms with Gasteiger partial charge < -0.3 is 10.5 Å². The lowest BCUT2D eigenvalue weighted by Gasteiger charge is -2.09. The van der Waals surface area contributed by atoms with Crippen LogP contribution < -0.4 is 5.73 Å². The van der Waals surface area contributed by atoms with Crippen molar-refractivity contribution in [2.24, 2.45) is 0 Å². The third-order valence-corrected chi connectivity index (χ3v) is 3.83. The molecule has 22 heavy (non-hydrogen) atoms. The number of nitrogens with zero attached hydrogens (tertiary/aromatic N) is 2. The summed E-state index contributed by atoms with van der Waals surface area (Å²) in [6.45, 7) is -0.0491. The Morgan fingerprint density at radius 2 is 2.05 bits per heavy atom. The van der Waals surface area contributed by atoms with Gasteiger partial charge in [-0.25, -0.2) is 9.78 Å². The summed E-state index contributed by atoms with van der Waals surface area (Å²) >= 11 is 17.5. The van der Waals surface area contributed by atoms with E-state index in [4.69, 9.17) is 50.5 Å². The molecule has 0 unspecified atom stereocenters. The number of benzene rings is 1. The Kier molecular flexibility index (Phi) is 5.09. The molecule has 5 nitrogen and oxygen atoms in total. The number of nitrogens with two attached hydrogens (primary N) is 1. The zero-order valence-corrected chi connectivity index (χ0v) is 13.2. The Bertz CT molecular complexity index is 788. The van der Waals surface area contributed by atoms with Crippen molar-refractivity contribution < 1.29 is 9.53 Å². The first-order valence-electron chi connectivity index (χ1n) is 5.90. The molecule has 0 saturated carbocycles. The lowest BCUT2D eigenvalue weighted by atomic mass is 10.1. The number of halogens is 3. The van der Waals surface area contributed by atoms with Crippen LogP contribution in [0.2, 0.25) is 15.2 Å². The Labute approximate surface area is 141 Å². The number of hydrogen-bond donors (Lipinski definition) is 1. The normalized spacial score (nSPS) is 10.1. The summed E-state index contributed by atoms with van der Waals surface area (Å²) in [5.41, 5.74) is 6.49. The minimum atomic E-state index is -0.794. The molecule has 0 spiro atoms. The molecule has 112 valence electrons. The average Bonchev–Trinajstić information content (AvgIpc) is 2.54. The van der Waals surface area contributed by atoms with Crippen LogP contribution in [0.5, 0.6) is 0 Å². The molecule has 0 aliphatic heterocycles. The van der Waals surface area contributed by atoms with Gasteiger partial charge in [-0.3, -0.25) is 0 Å². The number of hydrogen-bond acceptors (Lipinski definition) is 5. The molecule has 2 N–H and O–H groups in total. The standard InChI is InChI=1S/C14H8Cl3N3O2/c15-9-11(19)10(16)13(17)20-12(9)14(21)22-6-8-3-1-2-7(4-8)5-18/h1-4H,6H2,(H2,19,20). The number of anilines is 1. The number of carbonyl (C=O) groups is 1. The van der Waals surface area contributed by atoms with E-state index >= 15 is 0 Å². The van der Waals surface area contributed by atoms with Gasteiger partial charge in [0.2, 0.25) is 0 Å². The van der Waals surface area contributed by atoms with Crippen molar-refractivity contribution in [1.29, 1.82) is 5.26 Å². The van der Waals surface area contributed by atoms with E-state index in [0.29, 0.717) is 11.1 Å². The summed E-state index contributed by atoms with van der Waals surface area (Å²) < 4.78 is 5.09. The fourth-order valence-corrected chi connectivity index (χ4v) is 2.20. The van der Waals surface area contributed by atoms with Crippen LogP contribution in [0, 0.1) is 11.3 Å². The number of nitriles is 1. The summed E-state index contributed by atoms with van der Waals surface area (Å²) in [7, 11) is 0. The number of pyridine rings is 1. The van der Waals surface area contributed by atoms with E-state index in [1.807, 2.05) is 6.07 Å². The summed E-state index contributed by atoms with van der Waals surface area (Å²) in [5.74, 6) is -0.794. The fourth-order valence-electron chi connectivity index (χ4n) is 1.61. The second-order valence-electron chi connectivity index (χ2n) is 4.18. The first-order chi connectivity index (χ1) is 10.4. The van der Waals surface area contributed by atoms with Crippen molar-refractivity contribution in [2.45, 2.75) is 6.61 Å². The quantitative estimate of drug-likeness (QED) is 0.666. The molecule has 1 heterocycles. The van der Waals surface area contributed by atoms with Crippen molar-refractivity contribution in [3.63, 3.8) is 0 Å². The molecule has 0 atom stereocenters. The second kappa shape index (κ2) is 6.84. The maximum absolute atomic E-state index is 12.0. The van der Waals surface area contributed by atoms with Gasteiger partial charge in [0.1, 0.15) is 11.6 Å². The van der Waals surface area contributed by atoms with E-state index < -0.39 is 5.97 Å². The first-order valence-corrected chi connectivity index (χ1v) is 7.03. The van der Waals surface area contributed by atoms with Crippen LogP contribution in [0.3, 0.4) is 0 Å². The molecular weight excluding hydrogens is 349 g/mol. The zero-order valence-electron chi connectivity index (χ0n) is 10.9. The maximum Gasteiger partial charge on any atom is 0.358 e. The van der Waals surface area contributed by atoms with E-state index in [1.165, 1.54) is 0 Å². The molecule has 2 aromatic rings. The van der Waals surface area contributed by atoms with E-state index in [2.05, 4.69) is 4.98 Å². The third kappa shape index (κ3) is 3.42. The number of esters is 1. The second-order valence-corrected chi connectivity index (χ2v) is 5.30. The summed E-state index contributed by atoms with van der Waals surface area (Å²) in [4.78, 5) is 15.8. The maximum atomic E-state index is 12.0.